The Balaban J connectivity index is 1.78. The van der Waals surface area contributed by atoms with Gasteiger partial charge in [-0.2, -0.15) is 0 Å². The third-order valence-electron chi connectivity index (χ3n) is 4.31. The summed E-state index contributed by atoms with van der Waals surface area (Å²) in [6, 6.07) is 18.0. The van der Waals surface area contributed by atoms with Gasteiger partial charge in [0.05, 0.1) is 11.3 Å². The van der Waals surface area contributed by atoms with Crippen LogP contribution in [0.25, 0.3) is 11.1 Å². The van der Waals surface area contributed by atoms with Crippen molar-refractivity contribution in [3.63, 3.8) is 0 Å². The molecule has 0 radical (unpaired) electrons. The number of benzene rings is 3. The van der Waals surface area contributed by atoms with Gasteiger partial charge >= 0.3 is 0 Å². The molecule has 5 nitrogen and oxygen atoms in total. The number of carbonyl (C=O) groups excluding carboxylic acids is 2. The van der Waals surface area contributed by atoms with E-state index in [9.17, 15) is 9.59 Å². The lowest BCUT2D eigenvalue weighted by atomic mass is 10.00. The highest BCUT2D eigenvalue weighted by Gasteiger charge is 2.21. The van der Waals surface area contributed by atoms with Gasteiger partial charge in [0.1, 0.15) is 5.75 Å². The van der Waals surface area contributed by atoms with E-state index in [2.05, 4.69) is 5.32 Å². The fourth-order valence-corrected chi connectivity index (χ4v) is 2.97. The summed E-state index contributed by atoms with van der Waals surface area (Å²) >= 11 is 0. The van der Waals surface area contributed by atoms with Crippen LogP contribution in [-0.4, -0.2) is 11.8 Å². The number of nitrogens with one attached hydrogen (secondary N) is 1. The lowest BCUT2D eigenvalue weighted by Crippen LogP contribution is -2.11. The number of amides is 2. The first-order valence-corrected chi connectivity index (χ1v) is 8.15. The van der Waals surface area contributed by atoms with Crippen LogP contribution < -0.4 is 15.8 Å². The second kappa shape index (κ2) is 6.04. The predicted octanol–water partition coefficient (Wildman–Crippen LogP) is 4.12. The van der Waals surface area contributed by atoms with Gasteiger partial charge in [-0.15, -0.1) is 0 Å². The van der Waals surface area contributed by atoms with Gasteiger partial charge < -0.3 is 15.8 Å². The van der Waals surface area contributed by atoms with Gasteiger partial charge in [0.25, 0.3) is 5.91 Å². The van der Waals surface area contributed by atoms with E-state index in [-0.39, 0.29) is 5.91 Å². The zero-order valence-corrected chi connectivity index (χ0v) is 14.1. The molecule has 1 aliphatic rings. The van der Waals surface area contributed by atoms with Crippen molar-refractivity contribution in [2.45, 2.75) is 6.92 Å². The Morgan fingerprint density at radius 3 is 2.54 bits per heavy atom. The highest BCUT2D eigenvalue weighted by Crippen LogP contribution is 2.37. The van der Waals surface area contributed by atoms with Gasteiger partial charge in [-0.05, 0) is 60.0 Å². The fraction of sp³-hybridized carbons (Fsp3) is 0.0476. The molecule has 0 aromatic heterocycles. The van der Waals surface area contributed by atoms with Crippen LogP contribution in [0.4, 0.5) is 5.69 Å². The van der Waals surface area contributed by atoms with E-state index in [0.29, 0.717) is 28.3 Å². The van der Waals surface area contributed by atoms with E-state index in [0.717, 1.165) is 16.7 Å². The van der Waals surface area contributed by atoms with E-state index in [1.165, 1.54) is 0 Å². The van der Waals surface area contributed by atoms with Crippen LogP contribution in [0, 0.1) is 6.92 Å². The largest absolute Gasteiger partial charge is 0.454 e. The van der Waals surface area contributed by atoms with Crippen molar-refractivity contribution in [3.8, 4) is 22.6 Å². The molecule has 0 fully saturated rings. The van der Waals surface area contributed by atoms with Crippen molar-refractivity contribution in [1.82, 2.24) is 0 Å². The molecule has 0 unspecified atom stereocenters. The summed E-state index contributed by atoms with van der Waals surface area (Å²) in [4.78, 5) is 24.1. The number of aryl methyl sites for hydroxylation is 1. The van der Waals surface area contributed by atoms with Crippen LogP contribution in [0.15, 0.2) is 60.7 Å². The van der Waals surface area contributed by atoms with Crippen molar-refractivity contribution >= 4 is 17.5 Å². The van der Waals surface area contributed by atoms with E-state index in [1.54, 1.807) is 30.3 Å². The van der Waals surface area contributed by atoms with E-state index < -0.39 is 5.91 Å². The maximum absolute atomic E-state index is 12.7. The summed E-state index contributed by atoms with van der Waals surface area (Å²) in [6.07, 6.45) is 0. The zero-order chi connectivity index (χ0) is 18.3. The standard InChI is InChI=1S/C21H16N2O3/c1-12-5-7-19-17(9-12)23-21(25)16-11-14(6-8-18(16)26-19)13-3-2-4-15(10-13)20(22)24/h2-11H,1H3,(H2,22,24)(H,23,25). The minimum Gasteiger partial charge on any atom is -0.454 e. The van der Waals surface area contributed by atoms with Crippen LogP contribution in [-0.2, 0) is 0 Å². The Hall–Kier alpha value is -3.60. The molecule has 3 aromatic rings. The topological polar surface area (TPSA) is 81.4 Å². The van der Waals surface area contributed by atoms with E-state index in [4.69, 9.17) is 10.5 Å². The van der Waals surface area contributed by atoms with Crippen molar-refractivity contribution < 1.29 is 14.3 Å². The van der Waals surface area contributed by atoms with Gasteiger partial charge in [0, 0.05) is 5.56 Å². The van der Waals surface area contributed by atoms with Gasteiger partial charge in [0.2, 0.25) is 5.91 Å². The summed E-state index contributed by atoms with van der Waals surface area (Å²) in [5.41, 5.74) is 9.47. The van der Waals surface area contributed by atoms with Crippen LogP contribution in [0.1, 0.15) is 26.3 Å². The first-order chi connectivity index (χ1) is 12.5. The van der Waals surface area contributed by atoms with Gasteiger partial charge in [-0.3, -0.25) is 9.59 Å². The first kappa shape index (κ1) is 15.9. The molecule has 0 saturated heterocycles. The van der Waals surface area contributed by atoms with E-state index >= 15 is 0 Å². The summed E-state index contributed by atoms with van der Waals surface area (Å²) in [7, 11) is 0. The molecule has 0 bridgehead atoms. The molecule has 0 aliphatic carbocycles. The molecule has 0 spiro atoms. The molecule has 1 aliphatic heterocycles. The molecule has 3 N–H and O–H groups in total. The maximum atomic E-state index is 12.7. The molecule has 0 atom stereocenters. The number of hydrogen-bond donors (Lipinski definition) is 2. The maximum Gasteiger partial charge on any atom is 0.259 e. The SMILES string of the molecule is Cc1ccc2c(c1)NC(=O)c1cc(-c3cccc(C(N)=O)c3)ccc1O2. The molecule has 3 aromatic carbocycles. The molecule has 1 heterocycles. The Kier molecular flexibility index (Phi) is 3.69. The van der Waals surface area contributed by atoms with Gasteiger partial charge in [0.15, 0.2) is 5.75 Å². The number of primary amides is 1. The van der Waals surface area contributed by atoms with E-state index in [1.807, 2.05) is 37.3 Å². The van der Waals surface area contributed by atoms with Crippen molar-refractivity contribution in [1.29, 1.82) is 0 Å². The second-order valence-electron chi connectivity index (χ2n) is 6.21. The molecule has 2 amide bonds. The molecular weight excluding hydrogens is 328 g/mol. The van der Waals surface area contributed by atoms with Gasteiger partial charge in [-0.25, -0.2) is 0 Å². The molecule has 5 heteroatoms. The highest BCUT2D eigenvalue weighted by atomic mass is 16.5. The number of anilines is 1. The average Bonchev–Trinajstić information content (AvgIpc) is 2.77. The monoisotopic (exact) mass is 344 g/mol. The van der Waals surface area contributed by atoms with Crippen molar-refractivity contribution in [3.05, 3.63) is 77.4 Å². The average molecular weight is 344 g/mol. The Morgan fingerprint density at radius 2 is 1.73 bits per heavy atom. The Labute approximate surface area is 150 Å². The molecule has 128 valence electrons. The third-order valence-corrected chi connectivity index (χ3v) is 4.31. The van der Waals surface area contributed by atoms with Crippen LogP contribution in [0.2, 0.25) is 0 Å². The second-order valence-corrected chi connectivity index (χ2v) is 6.21. The number of rotatable bonds is 2. The van der Waals surface area contributed by atoms with Crippen LogP contribution >= 0.6 is 0 Å². The smallest absolute Gasteiger partial charge is 0.259 e. The van der Waals surface area contributed by atoms with Crippen molar-refractivity contribution in [2.24, 2.45) is 5.73 Å². The number of nitrogens with two attached hydrogens (primary N) is 1. The minimum absolute atomic E-state index is 0.239. The molecule has 26 heavy (non-hydrogen) atoms. The fourth-order valence-electron chi connectivity index (χ4n) is 2.97. The lowest BCUT2D eigenvalue weighted by Gasteiger charge is -2.09. The Morgan fingerprint density at radius 1 is 0.962 bits per heavy atom. The van der Waals surface area contributed by atoms with Crippen molar-refractivity contribution in [2.75, 3.05) is 5.32 Å². The third kappa shape index (κ3) is 2.80. The summed E-state index contributed by atoms with van der Waals surface area (Å²) < 4.78 is 5.92. The Bertz CT molecular complexity index is 1060. The highest BCUT2D eigenvalue weighted by molar-refractivity contribution is 6.08. The first-order valence-electron chi connectivity index (χ1n) is 8.15. The number of fused-ring (bicyclic) bond motifs is 2. The molecule has 4 rings (SSSR count). The minimum atomic E-state index is -0.492. The van der Waals surface area contributed by atoms with Crippen LogP contribution in [0.3, 0.4) is 0 Å². The lowest BCUT2D eigenvalue weighted by molar-refractivity contribution is 0.0997. The predicted molar refractivity (Wildman–Crippen MR) is 99.6 cm³/mol. The summed E-state index contributed by atoms with van der Waals surface area (Å²) in [6.45, 7) is 1.95. The van der Waals surface area contributed by atoms with Crippen LogP contribution in [0.5, 0.6) is 11.5 Å². The normalized spacial score (nSPS) is 12.3. The number of carbonyl (C=O) groups is 2. The zero-order valence-electron chi connectivity index (χ0n) is 14.1. The summed E-state index contributed by atoms with van der Waals surface area (Å²) in [5.74, 6) is 0.358. The number of hydrogen-bond acceptors (Lipinski definition) is 3. The molecular formula is C21H16N2O3. The quantitative estimate of drug-likeness (QED) is 0.734. The number of ether oxygens (including phenoxy) is 1. The molecule has 0 saturated carbocycles. The van der Waals surface area contributed by atoms with Gasteiger partial charge in [-0.1, -0.05) is 24.3 Å². The summed E-state index contributed by atoms with van der Waals surface area (Å²) in [5, 5.41) is 2.89.